The number of unbranched alkanes of at least 4 members (excludes halogenated alkanes) is 25. The Balaban J connectivity index is 0. The van der Waals surface area contributed by atoms with Crippen molar-refractivity contribution in [2.24, 2.45) is 11.7 Å². The van der Waals surface area contributed by atoms with E-state index in [-0.39, 0.29) is 11.8 Å². The minimum absolute atomic E-state index is 0.109. The molecule has 0 rings (SSSR count). The molecule has 0 aromatic heterocycles. The summed E-state index contributed by atoms with van der Waals surface area (Å²) in [7, 11) is 0. The molecule has 4 heteroatoms. The van der Waals surface area contributed by atoms with Crippen LogP contribution in [0.25, 0.3) is 0 Å². The summed E-state index contributed by atoms with van der Waals surface area (Å²) in [4.78, 5) is 21.4. The number of nitrogens with two attached hydrogens (primary N) is 1. The maximum Gasteiger partial charge on any atom is 0.303 e. The highest BCUT2D eigenvalue weighted by atomic mass is 16.4. The van der Waals surface area contributed by atoms with Gasteiger partial charge in [0, 0.05) is 12.3 Å². The molecule has 0 saturated carbocycles. The number of amides is 1. The van der Waals surface area contributed by atoms with Crippen LogP contribution >= 0.6 is 0 Å². The lowest BCUT2D eigenvalue weighted by atomic mass is 9.97. The fourth-order valence-electron chi connectivity index (χ4n) is 5.43. The van der Waals surface area contributed by atoms with Gasteiger partial charge in [0.15, 0.2) is 0 Å². The SMILES string of the molecule is CCCCCCCCCCCCCCCC(=O)O.CCCCCCCCCCCCCCCCC(CC)C(N)=O. The maximum absolute atomic E-state index is 11.1. The second-order valence-electron chi connectivity index (χ2n) is 12.3. The molecule has 0 aliphatic rings. The number of primary amides is 1. The third-order valence-electron chi connectivity index (χ3n) is 8.30. The molecular weight excluding hydrogens is 494 g/mol. The Bertz CT molecular complexity index is 508. The molecule has 0 aliphatic heterocycles. The van der Waals surface area contributed by atoms with E-state index < -0.39 is 5.97 Å². The first-order chi connectivity index (χ1) is 19.5. The van der Waals surface area contributed by atoms with Gasteiger partial charge >= 0.3 is 5.97 Å². The summed E-state index contributed by atoms with van der Waals surface area (Å²) in [5, 5.41) is 8.49. The van der Waals surface area contributed by atoms with E-state index in [0.29, 0.717) is 6.42 Å². The molecule has 4 nitrogen and oxygen atoms in total. The summed E-state index contributed by atoms with van der Waals surface area (Å²) in [5.41, 5.74) is 5.36. The van der Waals surface area contributed by atoms with E-state index in [1.165, 1.54) is 161 Å². The smallest absolute Gasteiger partial charge is 0.303 e. The van der Waals surface area contributed by atoms with Crippen molar-refractivity contribution in [3.05, 3.63) is 0 Å². The predicted molar refractivity (Wildman–Crippen MR) is 176 cm³/mol. The summed E-state index contributed by atoms with van der Waals surface area (Å²) < 4.78 is 0. The van der Waals surface area contributed by atoms with Crippen LogP contribution in [0.5, 0.6) is 0 Å². The molecule has 240 valence electrons. The van der Waals surface area contributed by atoms with Gasteiger partial charge < -0.3 is 10.8 Å². The number of carbonyl (C=O) groups excluding carboxylic acids is 1. The number of carbonyl (C=O) groups is 2. The summed E-state index contributed by atoms with van der Waals surface area (Å²) in [5.74, 6) is -0.660. The van der Waals surface area contributed by atoms with Crippen molar-refractivity contribution >= 4 is 11.9 Å². The van der Waals surface area contributed by atoms with Gasteiger partial charge in [-0.05, 0) is 19.3 Å². The van der Waals surface area contributed by atoms with Gasteiger partial charge in [-0.15, -0.1) is 0 Å². The quantitative estimate of drug-likeness (QED) is 0.0817. The van der Waals surface area contributed by atoms with Gasteiger partial charge in [0.05, 0.1) is 0 Å². The molecule has 0 bridgehead atoms. The van der Waals surface area contributed by atoms with Crippen molar-refractivity contribution in [1.29, 1.82) is 0 Å². The second kappa shape index (κ2) is 36.0. The summed E-state index contributed by atoms with van der Waals surface area (Å²) in [6.07, 6.45) is 38.5. The van der Waals surface area contributed by atoms with E-state index >= 15 is 0 Å². The topological polar surface area (TPSA) is 80.4 Å². The number of hydrogen-bond donors (Lipinski definition) is 2. The van der Waals surface area contributed by atoms with Gasteiger partial charge in [-0.25, -0.2) is 0 Å². The van der Waals surface area contributed by atoms with Crippen LogP contribution in [-0.4, -0.2) is 17.0 Å². The van der Waals surface area contributed by atoms with Crippen LogP contribution in [0.15, 0.2) is 0 Å². The third kappa shape index (κ3) is 36.9. The zero-order valence-corrected chi connectivity index (χ0v) is 27.6. The second-order valence-corrected chi connectivity index (χ2v) is 12.3. The number of hydrogen-bond acceptors (Lipinski definition) is 2. The molecule has 0 spiro atoms. The Morgan fingerprint density at radius 2 is 0.750 bits per heavy atom. The minimum atomic E-state index is -0.655. The average Bonchev–Trinajstić information content (AvgIpc) is 2.93. The summed E-state index contributed by atoms with van der Waals surface area (Å²) >= 11 is 0. The lowest BCUT2D eigenvalue weighted by Gasteiger charge is -2.09. The molecule has 3 N–H and O–H groups in total. The van der Waals surface area contributed by atoms with E-state index in [1.807, 2.05) is 0 Å². The fraction of sp³-hybridized carbons (Fsp3) is 0.944. The van der Waals surface area contributed by atoms with Crippen molar-refractivity contribution in [1.82, 2.24) is 0 Å². The normalized spacial score (nSPS) is 11.7. The minimum Gasteiger partial charge on any atom is -0.481 e. The van der Waals surface area contributed by atoms with Crippen LogP contribution in [0.4, 0.5) is 0 Å². The standard InChI is InChI=1S/C20H41NO.C16H32O2/c1-3-5-6-7-8-9-10-11-12-13-14-15-16-17-18-19(4-2)20(21)22;1-2-3-4-5-6-7-8-9-10-11-12-13-14-15-16(17)18/h19H,3-18H2,1-2H3,(H2,21,22);2-15H2,1H3,(H,17,18). The molecule has 0 fully saturated rings. The maximum atomic E-state index is 11.1. The van der Waals surface area contributed by atoms with Crippen molar-refractivity contribution in [2.45, 2.75) is 213 Å². The molecule has 1 unspecified atom stereocenters. The van der Waals surface area contributed by atoms with E-state index in [9.17, 15) is 9.59 Å². The lowest BCUT2D eigenvalue weighted by Crippen LogP contribution is -2.22. The molecule has 0 radical (unpaired) electrons. The first kappa shape index (κ1) is 41.1. The largest absolute Gasteiger partial charge is 0.481 e. The van der Waals surface area contributed by atoms with Gasteiger partial charge in [-0.3, -0.25) is 9.59 Å². The predicted octanol–water partition coefficient (Wildman–Crippen LogP) is 11.9. The third-order valence-corrected chi connectivity index (χ3v) is 8.30. The molecule has 0 aliphatic carbocycles. The van der Waals surface area contributed by atoms with Crippen LogP contribution in [0.2, 0.25) is 0 Å². The van der Waals surface area contributed by atoms with Crippen molar-refractivity contribution < 1.29 is 14.7 Å². The highest BCUT2D eigenvalue weighted by Gasteiger charge is 2.11. The molecule has 1 amide bonds. The average molecular weight is 568 g/mol. The Kier molecular flexibility index (Phi) is 36.9. The van der Waals surface area contributed by atoms with Gasteiger partial charge in [0.1, 0.15) is 0 Å². The van der Waals surface area contributed by atoms with E-state index in [4.69, 9.17) is 10.8 Å². The Morgan fingerprint density at radius 1 is 0.475 bits per heavy atom. The number of rotatable bonds is 31. The number of carboxylic acids is 1. The van der Waals surface area contributed by atoms with Gasteiger partial charge in [0.25, 0.3) is 0 Å². The van der Waals surface area contributed by atoms with E-state index in [2.05, 4.69) is 20.8 Å². The number of carboxylic acid groups (broad SMARTS) is 1. The first-order valence-corrected chi connectivity index (χ1v) is 18.0. The molecule has 0 aromatic carbocycles. The van der Waals surface area contributed by atoms with Crippen molar-refractivity contribution in [3.8, 4) is 0 Å². The van der Waals surface area contributed by atoms with E-state index in [1.54, 1.807) is 0 Å². The van der Waals surface area contributed by atoms with Crippen LogP contribution in [-0.2, 0) is 9.59 Å². The Morgan fingerprint density at radius 3 is 1.00 bits per heavy atom. The van der Waals surface area contributed by atoms with Crippen molar-refractivity contribution in [3.63, 3.8) is 0 Å². The highest BCUT2D eigenvalue weighted by Crippen LogP contribution is 2.16. The van der Waals surface area contributed by atoms with Crippen molar-refractivity contribution in [2.75, 3.05) is 0 Å². The van der Waals surface area contributed by atoms with Crippen LogP contribution in [0.3, 0.4) is 0 Å². The Hall–Kier alpha value is -1.06. The first-order valence-electron chi connectivity index (χ1n) is 18.0. The van der Waals surface area contributed by atoms with E-state index in [0.717, 1.165) is 25.7 Å². The van der Waals surface area contributed by atoms with Crippen LogP contribution < -0.4 is 5.73 Å². The van der Waals surface area contributed by atoms with Gasteiger partial charge in [0.2, 0.25) is 5.91 Å². The molecular formula is C36H73NO3. The fourth-order valence-corrected chi connectivity index (χ4v) is 5.43. The molecule has 0 aromatic rings. The zero-order valence-electron chi connectivity index (χ0n) is 27.6. The van der Waals surface area contributed by atoms with Crippen LogP contribution in [0.1, 0.15) is 213 Å². The number of aliphatic carboxylic acids is 1. The highest BCUT2D eigenvalue weighted by molar-refractivity contribution is 5.76. The summed E-state index contributed by atoms with van der Waals surface area (Å²) in [6, 6.07) is 0. The Labute approximate surface area is 251 Å². The van der Waals surface area contributed by atoms with Gasteiger partial charge in [-0.2, -0.15) is 0 Å². The molecule has 0 heterocycles. The lowest BCUT2D eigenvalue weighted by molar-refractivity contribution is -0.137. The van der Waals surface area contributed by atoms with Crippen LogP contribution in [0, 0.1) is 5.92 Å². The molecule has 40 heavy (non-hydrogen) atoms. The zero-order chi connectivity index (χ0) is 29.9. The molecule has 1 atom stereocenters. The van der Waals surface area contributed by atoms with Gasteiger partial charge in [-0.1, -0.05) is 188 Å². The monoisotopic (exact) mass is 568 g/mol. The summed E-state index contributed by atoms with van der Waals surface area (Å²) in [6.45, 7) is 6.59. The molecule has 0 saturated heterocycles.